The molecule has 1 saturated carbocycles. The molecule has 0 saturated heterocycles. The van der Waals surface area contributed by atoms with Gasteiger partial charge < -0.3 is 25.2 Å². The minimum Gasteiger partial charge on any atom is -0.490 e. The van der Waals surface area contributed by atoms with Gasteiger partial charge in [0.15, 0.2) is 17.5 Å². The molecule has 1 aliphatic rings. The highest BCUT2D eigenvalue weighted by Gasteiger charge is 2.24. The number of guanidine groups is 1. The van der Waals surface area contributed by atoms with E-state index in [0.29, 0.717) is 25.7 Å². The van der Waals surface area contributed by atoms with E-state index in [0.717, 1.165) is 56.2 Å². The molecular formula is C21H35N3O3. The molecule has 0 heterocycles. The Morgan fingerprint density at radius 2 is 1.89 bits per heavy atom. The number of nitrogens with one attached hydrogen (secondary N) is 2. The van der Waals surface area contributed by atoms with Gasteiger partial charge in [-0.1, -0.05) is 12.5 Å². The van der Waals surface area contributed by atoms with Crippen molar-refractivity contribution >= 4 is 5.96 Å². The number of hydrogen-bond donors (Lipinski definition) is 3. The Hall–Kier alpha value is -1.95. The van der Waals surface area contributed by atoms with Crippen molar-refractivity contribution in [2.45, 2.75) is 52.6 Å². The standard InChI is InChI=1S/C21H35N3O3/c1-4-22-21(24-15-17-8-7-9-18(17)25)23-13-12-16-10-11-19(26-5-2)20(14-16)27-6-3/h10-11,14,17-18,25H,4-9,12-13,15H2,1-3H3,(H2,22,23,24). The van der Waals surface area contributed by atoms with E-state index in [-0.39, 0.29) is 6.10 Å². The monoisotopic (exact) mass is 377 g/mol. The topological polar surface area (TPSA) is 75.1 Å². The second-order valence-electron chi connectivity index (χ2n) is 6.80. The predicted octanol–water partition coefficient (Wildman–Crippen LogP) is 2.74. The third-order valence-corrected chi connectivity index (χ3v) is 4.76. The SMILES string of the molecule is CCNC(=NCC1CCCC1O)NCCc1ccc(OCC)c(OCC)c1. The summed E-state index contributed by atoms with van der Waals surface area (Å²) >= 11 is 0. The maximum Gasteiger partial charge on any atom is 0.191 e. The first-order valence-electron chi connectivity index (χ1n) is 10.3. The largest absolute Gasteiger partial charge is 0.490 e. The third kappa shape index (κ3) is 6.94. The van der Waals surface area contributed by atoms with E-state index in [1.165, 1.54) is 5.56 Å². The van der Waals surface area contributed by atoms with Crippen LogP contribution in [0.3, 0.4) is 0 Å². The van der Waals surface area contributed by atoms with E-state index in [2.05, 4.69) is 34.7 Å². The van der Waals surface area contributed by atoms with Gasteiger partial charge >= 0.3 is 0 Å². The maximum atomic E-state index is 9.95. The second kappa shape index (κ2) is 11.7. The zero-order valence-electron chi connectivity index (χ0n) is 17.0. The summed E-state index contributed by atoms with van der Waals surface area (Å²) in [4.78, 5) is 4.65. The molecule has 6 nitrogen and oxygen atoms in total. The van der Waals surface area contributed by atoms with Crippen molar-refractivity contribution in [3.63, 3.8) is 0 Å². The Labute approximate surface area is 163 Å². The summed E-state index contributed by atoms with van der Waals surface area (Å²) in [6.07, 6.45) is 3.74. The van der Waals surface area contributed by atoms with E-state index < -0.39 is 0 Å². The van der Waals surface area contributed by atoms with Gasteiger partial charge in [0.1, 0.15) is 0 Å². The molecule has 6 heteroatoms. The smallest absolute Gasteiger partial charge is 0.191 e. The highest BCUT2D eigenvalue weighted by molar-refractivity contribution is 5.79. The number of hydrogen-bond acceptors (Lipinski definition) is 4. The van der Waals surface area contributed by atoms with Crippen molar-refractivity contribution in [3.8, 4) is 11.5 Å². The number of benzene rings is 1. The van der Waals surface area contributed by atoms with Gasteiger partial charge in [-0.2, -0.15) is 0 Å². The normalized spacial score (nSPS) is 19.8. The zero-order chi connectivity index (χ0) is 19.5. The summed E-state index contributed by atoms with van der Waals surface area (Å²) in [7, 11) is 0. The summed E-state index contributed by atoms with van der Waals surface area (Å²) < 4.78 is 11.3. The van der Waals surface area contributed by atoms with Gasteiger partial charge in [-0.05, 0) is 57.7 Å². The van der Waals surface area contributed by atoms with E-state index in [9.17, 15) is 5.11 Å². The van der Waals surface area contributed by atoms with Crippen LogP contribution in [-0.2, 0) is 6.42 Å². The molecule has 1 aromatic rings. The Morgan fingerprint density at radius 3 is 2.56 bits per heavy atom. The lowest BCUT2D eigenvalue weighted by atomic mass is 10.1. The molecule has 0 radical (unpaired) electrons. The lowest BCUT2D eigenvalue weighted by Gasteiger charge is -2.15. The highest BCUT2D eigenvalue weighted by Crippen LogP contribution is 2.28. The first-order valence-corrected chi connectivity index (χ1v) is 10.3. The van der Waals surface area contributed by atoms with Crippen LogP contribution < -0.4 is 20.1 Å². The van der Waals surface area contributed by atoms with Crippen LogP contribution in [0.15, 0.2) is 23.2 Å². The number of ether oxygens (including phenoxy) is 2. The number of aliphatic hydroxyl groups is 1. The third-order valence-electron chi connectivity index (χ3n) is 4.76. The van der Waals surface area contributed by atoms with Gasteiger partial charge in [-0.15, -0.1) is 0 Å². The van der Waals surface area contributed by atoms with Crippen molar-refractivity contribution in [2.75, 3.05) is 32.8 Å². The molecular weight excluding hydrogens is 342 g/mol. The lowest BCUT2D eigenvalue weighted by molar-refractivity contribution is 0.136. The van der Waals surface area contributed by atoms with Crippen LogP contribution in [0.1, 0.15) is 45.6 Å². The van der Waals surface area contributed by atoms with E-state index in [1.54, 1.807) is 0 Å². The van der Waals surface area contributed by atoms with Crippen LogP contribution in [0.2, 0.25) is 0 Å². The maximum absolute atomic E-state index is 9.95. The average Bonchev–Trinajstić information content (AvgIpc) is 3.07. The zero-order valence-corrected chi connectivity index (χ0v) is 17.0. The molecule has 27 heavy (non-hydrogen) atoms. The molecule has 2 rings (SSSR count). The Balaban J connectivity index is 1.88. The number of aliphatic imine (C=N–C) groups is 1. The van der Waals surface area contributed by atoms with E-state index in [4.69, 9.17) is 9.47 Å². The molecule has 0 amide bonds. The van der Waals surface area contributed by atoms with Crippen molar-refractivity contribution < 1.29 is 14.6 Å². The summed E-state index contributed by atoms with van der Waals surface area (Å²) in [6.45, 7) is 9.51. The van der Waals surface area contributed by atoms with Crippen LogP contribution in [0.4, 0.5) is 0 Å². The Bertz CT molecular complexity index is 592. The minimum atomic E-state index is -0.197. The predicted molar refractivity (Wildman–Crippen MR) is 110 cm³/mol. The molecule has 1 aromatic carbocycles. The summed E-state index contributed by atoms with van der Waals surface area (Å²) in [5.74, 6) is 2.70. The van der Waals surface area contributed by atoms with Gasteiger partial charge in [-0.3, -0.25) is 4.99 Å². The second-order valence-corrected chi connectivity index (χ2v) is 6.80. The fraction of sp³-hybridized carbons (Fsp3) is 0.667. The fourth-order valence-corrected chi connectivity index (χ4v) is 3.36. The van der Waals surface area contributed by atoms with Crippen LogP contribution in [0, 0.1) is 5.92 Å². The molecule has 3 N–H and O–H groups in total. The molecule has 0 aromatic heterocycles. The molecule has 0 bridgehead atoms. The van der Waals surface area contributed by atoms with Crippen molar-refractivity contribution in [1.82, 2.24) is 10.6 Å². The number of aliphatic hydroxyl groups excluding tert-OH is 1. The van der Waals surface area contributed by atoms with Crippen molar-refractivity contribution in [3.05, 3.63) is 23.8 Å². The molecule has 2 atom stereocenters. The number of nitrogens with zero attached hydrogens (tertiary/aromatic N) is 1. The molecule has 1 aliphatic carbocycles. The first-order chi connectivity index (χ1) is 13.2. The fourth-order valence-electron chi connectivity index (χ4n) is 3.36. The van der Waals surface area contributed by atoms with Gasteiger partial charge in [0, 0.05) is 25.6 Å². The molecule has 2 unspecified atom stereocenters. The molecule has 0 aliphatic heterocycles. The van der Waals surface area contributed by atoms with E-state index in [1.807, 2.05) is 19.9 Å². The Morgan fingerprint density at radius 1 is 1.11 bits per heavy atom. The van der Waals surface area contributed by atoms with Crippen LogP contribution in [0.5, 0.6) is 11.5 Å². The summed E-state index contributed by atoms with van der Waals surface area (Å²) in [6, 6.07) is 6.11. The van der Waals surface area contributed by atoms with Crippen LogP contribution >= 0.6 is 0 Å². The van der Waals surface area contributed by atoms with Gasteiger partial charge in [0.05, 0.1) is 19.3 Å². The number of rotatable bonds is 10. The van der Waals surface area contributed by atoms with E-state index >= 15 is 0 Å². The van der Waals surface area contributed by atoms with Crippen LogP contribution in [0.25, 0.3) is 0 Å². The Kier molecular flexibility index (Phi) is 9.25. The van der Waals surface area contributed by atoms with Gasteiger partial charge in [0.2, 0.25) is 0 Å². The quantitative estimate of drug-likeness (QED) is 0.432. The molecule has 0 spiro atoms. The lowest BCUT2D eigenvalue weighted by Crippen LogP contribution is -2.39. The van der Waals surface area contributed by atoms with Crippen molar-refractivity contribution in [2.24, 2.45) is 10.9 Å². The first kappa shape index (κ1) is 21.4. The molecule has 1 fully saturated rings. The average molecular weight is 378 g/mol. The summed E-state index contributed by atoms with van der Waals surface area (Å²) in [5.41, 5.74) is 1.19. The van der Waals surface area contributed by atoms with Crippen LogP contribution in [-0.4, -0.2) is 50.0 Å². The van der Waals surface area contributed by atoms with Crippen molar-refractivity contribution in [1.29, 1.82) is 0 Å². The van der Waals surface area contributed by atoms with Gasteiger partial charge in [-0.25, -0.2) is 0 Å². The highest BCUT2D eigenvalue weighted by atomic mass is 16.5. The minimum absolute atomic E-state index is 0.197. The van der Waals surface area contributed by atoms with Gasteiger partial charge in [0.25, 0.3) is 0 Å². The summed E-state index contributed by atoms with van der Waals surface area (Å²) in [5, 5.41) is 16.6. The molecule has 152 valence electrons.